The van der Waals surface area contributed by atoms with Crippen LogP contribution in [0.2, 0.25) is 0 Å². The Morgan fingerprint density at radius 2 is 1.58 bits per heavy atom. The van der Waals surface area contributed by atoms with E-state index in [0.29, 0.717) is 44.7 Å². The molecular formula is C43H71N3O6. The summed E-state index contributed by atoms with van der Waals surface area (Å²) in [4.78, 5) is 55.7. The monoisotopic (exact) mass is 726 g/mol. The highest BCUT2D eigenvalue weighted by Gasteiger charge is 2.59. The first-order chi connectivity index (χ1) is 24.5. The highest BCUT2D eigenvalue weighted by molar-refractivity contribution is 5.81. The number of rotatable bonds is 10. The fourth-order valence-corrected chi connectivity index (χ4v) is 11.3. The molecule has 1 heterocycles. The van der Waals surface area contributed by atoms with Crippen molar-refractivity contribution in [2.45, 2.75) is 151 Å². The minimum absolute atomic E-state index is 0.0251. The number of nitrogens with zero attached hydrogens (tertiary/aromatic N) is 3. The molecule has 9 heteroatoms. The van der Waals surface area contributed by atoms with E-state index < -0.39 is 11.7 Å². The van der Waals surface area contributed by atoms with Gasteiger partial charge in [-0.3, -0.25) is 14.4 Å². The number of hydrogen-bond acceptors (Lipinski definition) is 6. The number of allylic oxidation sites excluding steroid dienone is 1. The molecule has 52 heavy (non-hydrogen) atoms. The number of esters is 1. The Kier molecular flexibility index (Phi) is 13.1. The van der Waals surface area contributed by atoms with Crippen molar-refractivity contribution < 1.29 is 28.7 Å². The molecule has 0 aromatic carbocycles. The van der Waals surface area contributed by atoms with Crippen LogP contribution in [0, 0.1) is 46.3 Å². The van der Waals surface area contributed by atoms with Gasteiger partial charge >= 0.3 is 12.1 Å². The van der Waals surface area contributed by atoms with Crippen molar-refractivity contribution in [2.24, 2.45) is 46.3 Å². The van der Waals surface area contributed by atoms with E-state index in [0.717, 1.165) is 61.2 Å². The molecule has 3 amide bonds. The lowest BCUT2D eigenvalue weighted by molar-refractivity contribution is -0.153. The molecule has 5 rings (SSSR count). The van der Waals surface area contributed by atoms with Crippen molar-refractivity contribution in [1.82, 2.24) is 14.7 Å². The first-order valence-corrected chi connectivity index (χ1v) is 20.9. The van der Waals surface area contributed by atoms with Crippen LogP contribution in [0.4, 0.5) is 4.79 Å². The van der Waals surface area contributed by atoms with Crippen LogP contribution in [-0.4, -0.2) is 90.1 Å². The maximum atomic E-state index is 13.3. The average molecular weight is 726 g/mol. The van der Waals surface area contributed by atoms with Gasteiger partial charge in [0.1, 0.15) is 11.7 Å². The van der Waals surface area contributed by atoms with Crippen molar-refractivity contribution in [3.8, 4) is 0 Å². The van der Waals surface area contributed by atoms with Gasteiger partial charge in [-0.1, -0.05) is 65.5 Å². The average Bonchev–Trinajstić information content (AvgIpc) is 3.48. The Labute approximate surface area is 315 Å². The third-order valence-corrected chi connectivity index (χ3v) is 14.2. The number of fused-ring (bicyclic) bond motifs is 5. The van der Waals surface area contributed by atoms with Gasteiger partial charge in [0.15, 0.2) is 0 Å². The maximum absolute atomic E-state index is 13.3. The lowest BCUT2D eigenvalue weighted by Crippen LogP contribution is -2.51. The van der Waals surface area contributed by atoms with Crippen molar-refractivity contribution in [3.05, 3.63) is 11.6 Å². The van der Waals surface area contributed by atoms with Crippen LogP contribution in [0.25, 0.3) is 0 Å². The zero-order valence-electron chi connectivity index (χ0n) is 33.9. The molecule has 0 radical (unpaired) electrons. The summed E-state index contributed by atoms with van der Waals surface area (Å²) in [5.74, 6) is 4.30. The summed E-state index contributed by atoms with van der Waals surface area (Å²) in [6, 6.07) is 0. The number of ether oxygens (including phenoxy) is 2. The van der Waals surface area contributed by atoms with E-state index in [1.165, 1.54) is 56.9 Å². The number of amides is 3. The van der Waals surface area contributed by atoms with Crippen LogP contribution in [0.15, 0.2) is 11.6 Å². The number of carbonyl (C=O) groups is 4. The van der Waals surface area contributed by atoms with E-state index in [1.54, 1.807) is 14.7 Å². The van der Waals surface area contributed by atoms with Crippen molar-refractivity contribution in [2.75, 3.05) is 39.3 Å². The van der Waals surface area contributed by atoms with Crippen molar-refractivity contribution in [3.63, 3.8) is 0 Å². The van der Waals surface area contributed by atoms with E-state index >= 15 is 0 Å². The summed E-state index contributed by atoms with van der Waals surface area (Å²) in [5, 5.41) is 0. The third kappa shape index (κ3) is 9.37. The largest absolute Gasteiger partial charge is 0.462 e. The fraction of sp³-hybridized carbons (Fsp3) is 0.860. The smallest absolute Gasteiger partial charge is 0.410 e. The molecule has 4 aliphatic carbocycles. The molecular weight excluding hydrogens is 654 g/mol. The van der Waals surface area contributed by atoms with E-state index in [4.69, 9.17) is 9.47 Å². The van der Waals surface area contributed by atoms with Crippen LogP contribution in [-0.2, 0) is 23.9 Å². The standard InChI is InChI=1S/C43H71N3O6/c1-30(2)10-9-11-31(3)35-14-15-36-34-13-12-32-28-33(18-20-42(32,7)37(34)19-21-43(35,36)8)51-39(49)17-16-38(48)45-24-22-44(29-47)23-25-46(27-26-45)40(50)52-41(4,5)6/h12,29-31,33-37H,9-11,13-28H2,1-8H3/t31-,33?,34?,35?,36?,37?,42?,43?/m1/s1. The first kappa shape index (κ1) is 40.6. The van der Waals surface area contributed by atoms with Gasteiger partial charge in [0.25, 0.3) is 0 Å². The lowest BCUT2D eigenvalue weighted by Gasteiger charge is -2.58. The topological polar surface area (TPSA) is 96.5 Å². The van der Waals surface area contributed by atoms with Gasteiger partial charge in [-0.25, -0.2) is 4.79 Å². The molecule has 0 aromatic heterocycles. The zero-order chi connectivity index (χ0) is 37.8. The van der Waals surface area contributed by atoms with Gasteiger partial charge < -0.3 is 24.2 Å². The second-order valence-electron chi connectivity index (χ2n) is 19.1. The molecule has 294 valence electrons. The van der Waals surface area contributed by atoms with Gasteiger partial charge in [-0.15, -0.1) is 0 Å². The van der Waals surface area contributed by atoms with Crippen LogP contribution in [0.3, 0.4) is 0 Å². The zero-order valence-corrected chi connectivity index (χ0v) is 33.9. The van der Waals surface area contributed by atoms with E-state index in [2.05, 4.69) is 40.7 Å². The second kappa shape index (κ2) is 16.8. The second-order valence-corrected chi connectivity index (χ2v) is 19.1. The highest BCUT2D eigenvalue weighted by atomic mass is 16.6. The van der Waals surface area contributed by atoms with Gasteiger partial charge in [-0.2, -0.15) is 0 Å². The van der Waals surface area contributed by atoms with Gasteiger partial charge in [0.2, 0.25) is 12.3 Å². The number of carbonyl (C=O) groups excluding carboxylic acids is 4. The summed E-state index contributed by atoms with van der Waals surface area (Å²) < 4.78 is 11.6. The molecule has 3 saturated carbocycles. The predicted octanol–water partition coefficient (Wildman–Crippen LogP) is 8.26. The minimum Gasteiger partial charge on any atom is -0.462 e. The quantitative estimate of drug-likeness (QED) is 0.128. The molecule has 0 N–H and O–H groups in total. The lowest BCUT2D eigenvalue weighted by atomic mass is 9.47. The Bertz CT molecular complexity index is 1310. The van der Waals surface area contributed by atoms with Crippen LogP contribution in [0.5, 0.6) is 0 Å². The summed E-state index contributed by atoms with van der Waals surface area (Å²) in [7, 11) is 0. The molecule has 4 fully saturated rings. The Balaban J connectivity index is 1.12. The van der Waals surface area contributed by atoms with E-state index in [-0.39, 0.29) is 36.2 Å². The number of hydrogen-bond donors (Lipinski definition) is 0. The van der Waals surface area contributed by atoms with Gasteiger partial charge in [0.05, 0.1) is 6.42 Å². The summed E-state index contributed by atoms with van der Waals surface area (Å²) in [6.45, 7) is 19.9. The van der Waals surface area contributed by atoms with E-state index in [1.807, 2.05) is 20.8 Å². The highest BCUT2D eigenvalue weighted by Crippen LogP contribution is 2.67. The summed E-state index contributed by atoms with van der Waals surface area (Å²) >= 11 is 0. The summed E-state index contributed by atoms with van der Waals surface area (Å²) in [5.41, 5.74) is 1.52. The SMILES string of the molecule is CC(C)CCC[C@@H](C)C1CCC2C3CC=C4CC(OC(=O)CCC(=O)N5CCN(C=O)CCN(C(=O)OC(C)(C)C)CC5)CCC4(C)C3CCC21C. The van der Waals surface area contributed by atoms with Crippen molar-refractivity contribution >= 4 is 24.4 Å². The molecule has 0 aromatic rings. The molecule has 1 aliphatic heterocycles. The predicted molar refractivity (Wildman–Crippen MR) is 204 cm³/mol. The first-order valence-electron chi connectivity index (χ1n) is 20.9. The molecule has 0 spiro atoms. The molecule has 9 nitrogen and oxygen atoms in total. The Hall–Kier alpha value is -2.58. The van der Waals surface area contributed by atoms with Gasteiger partial charge in [0, 0.05) is 52.1 Å². The molecule has 0 bridgehead atoms. The normalized spacial score (nSPS) is 33.1. The van der Waals surface area contributed by atoms with Crippen molar-refractivity contribution in [1.29, 1.82) is 0 Å². The van der Waals surface area contributed by atoms with Crippen LogP contribution >= 0.6 is 0 Å². The Morgan fingerprint density at radius 1 is 0.885 bits per heavy atom. The molecule has 8 atom stereocenters. The third-order valence-electron chi connectivity index (χ3n) is 14.2. The summed E-state index contributed by atoms with van der Waals surface area (Å²) in [6.07, 6.45) is 16.3. The van der Waals surface area contributed by atoms with Gasteiger partial charge in [-0.05, 0) is 112 Å². The fourth-order valence-electron chi connectivity index (χ4n) is 11.3. The maximum Gasteiger partial charge on any atom is 0.410 e. The molecule has 5 aliphatic rings. The molecule has 7 unspecified atom stereocenters. The minimum atomic E-state index is -0.647. The molecule has 1 saturated heterocycles. The Morgan fingerprint density at radius 3 is 2.27 bits per heavy atom. The van der Waals surface area contributed by atoms with Crippen LogP contribution < -0.4 is 0 Å². The van der Waals surface area contributed by atoms with Crippen LogP contribution in [0.1, 0.15) is 139 Å². The van der Waals surface area contributed by atoms with E-state index in [9.17, 15) is 19.2 Å².